The summed E-state index contributed by atoms with van der Waals surface area (Å²) in [6, 6.07) is 10.1. The van der Waals surface area contributed by atoms with Crippen molar-refractivity contribution in [3.05, 3.63) is 35.9 Å². The Bertz CT molecular complexity index is 295. The molecule has 0 spiro atoms. The Morgan fingerprint density at radius 2 is 2.00 bits per heavy atom. The number of hydrogen-bond donors (Lipinski definition) is 1. The zero-order valence-corrected chi connectivity index (χ0v) is 9.49. The molecule has 0 bridgehead atoms. The molecule has 1 amide bonds. The van der Waals surface area contributed by atoms with Crippen molar-refractivity contribution >= 4 is 5.91 Å². The van der Waals surface area contributed by atoms with E-state index in [1.807, 2.05) is 37.3 Å². The fraction of sp³-hybridized carbons (Fsp3) is 0.462. The summed E-state index contributed by atoms with van der Waals surface area (Å²) in [5.41, 5.74) is 1.15. The van der Waals surface area contributed by atoms with Crippen LogP contribution in [0.25, 0.3) is 0 Å². The zero-order chi connectivity index (χ0) is 11.1. The first kappa shape index (κ1) is 11.8. The molecule has 0 heterocycles. The molecule has 0 radical (unpaired) electrons. The third kappa shape index (κ3) is 4.15. The summed E-state index contributed by atoms with van der Waals surface area (Å²) >= 11 is 0. The van der Waals surface area contributed by atoms with Gasteiger partial charge in [0.05, 0.1) is 6.04 Å². The fourth-order valence-corrected chi connectivity index (χ4v) is 1.48. The van der Waals surface area contributed by atoms with E-state index in [9.17, 15) is 4.79 Å². The lowest BCUT2D eigenvalue weighted by Gasteiger charge is -2.13. The number of carbonyl (C=O) groups is 1. The Kier molecular flexibility index (Phi) is 4.88. The molecule has 1 rings (SSSR count). The predicted octanol–water partition coefficient (Wildman–Crippen LogP) is 3.05. The van der Waals surface area contributed by atoms with Crippen molar-refractivity contribution in [2.75, 3.05) is 0 Å². The van der Waals surface area contributed by atoms with Crippen LogP contribution in [0.1, 0.15) is 44.7 Å². The van der Waals surface area contributed by atoms with E-state index in [1.54, 1.807) is 0 Å². The van der Waals surface area contributed by atoms with Crippen molar-refractivity contribution in [3.63, 3.8) is 0 Å². The summed E-state index contributed by atoms with van der Waals surface area (Å²) in [7, 11) is 0. The third-order valence-corrected chi connectivity index (χ3v) is 2.43. The van der Waals surface area contributed by atoms with E-state index in [2.05, 4.69) is 12.2 Å². The molecular formula is C13H19NO. The Morgan fingerprint density at radius 3 is 2.60 bits per heavy atom. The number of hydrogen-bond acceptors (Lipinski definition) is 1. The Morgan fingerprint density at radius 1 is 1.33 bits per heavy atom. The largest absolute Gasteiger partial charge is 0.350 e. The number of nitrogens with one attached hydrogen (secondary N) is 1. The average molecular weight is 205 g/mol. The number of rotatable bonds is 5. The summed E-state index contributed by atoms with van der Waals surface area (Å²) < 4.78 is 0. The van der Waals surface area contributed by atoms with Gasteiger partial charge in [-0.2, -0.15) is 0 Å². The summed E-state index contributed by atoms with van der Waals surface area (Å²) in [5, 5.41) is 2.99. The monoisotopic (exact) mass is 205 g/mol. The topological polar surface area (TPSA) is 29.1 Å². The van der Waals surface area contributed by atoms with Crippen LogP contribution in [0.15, 0.2) is 30.3 Å². The molecule has 0 aliphatic carbocycles. The van der Waals surface area contributed by atoms with Gasteiger partial charge in [0.15, 0.2) is 0 Å². The fourth-order valence-electron chi connectivity index (χ4n) is 1.48. The van der Waals surface area contributed by atoms with Gasteiger partial charge < -0.3 is 5.32 Å². The predicted molar refractivity (Wildman–Crippen MR) is 62.5 cm³/mol. The molecule has 0 aliphatic rings. The lowest BCUT2D eigenvalue weighted by Crippen LogP contribution is -2.26. The van der Waals surface area contributed by atoms with Gasteiger partial charge in [-0.15, -0.1) is 0 Å². The smallest absolute Gasteiger partial charge is 0.220 e. The molecule has 1 N–H and O–H groups in total. The van der Waals surface area contributed by atoms with E-state index < -0.39 is 0 Å². The Hall–Kier alpha value is -1.31. The lowest BCUT2D eigenvalue weighted by atomic mass is 10.1. The highest BCUT2D eigenvalue weighted by molar-refractivity contribution is 5.76. The molecule has 2 heteroatoms. The van der Waals surface area contributed by atoms with Gasteiger partial charge in [0, 0.05) is 6.42 Å². The second kappa shape index (κ2) is 6.23. The minimum atomic E-state index is 0.107. The van der Waals surface area contributed by atoms with Crippen LogP contribution in [0.5, 0.6) is 0 Å². The molecule has 2 nitrogen and oxygen atoms in total. The molecule has 0 saturated heterocycles. The maximum Gasteiger partial charge on any atom is 0.220 e. The Labute approximate surface area is 91.7 Å². The number of carbonyl (C=O) groups excluding carboxylic acids is 1. The number of unbranched alkanes of at least 4 members (excludes halogenated alkanes) is 1. The highest BCUT2D eigenvalue weighted by atomic mass is 16.1. The van der Waals surface area contributed by atoms with Crippen molar-refractivity contribution in [1.82, 2.24) is 5.32 Å². The standard InChI is InChI=1S/C13H19NO/c1-3-4-10-13(15)14-11(2)12-8-6-5-7-9-12/h5-9,11H,3-4,10H2,1-2H3,(H,14,15)/t11-/m0/s1. The van der Waals surface area contributed by atoms with Crippen LogP contribution in [0.2, 0.25) is 0 Å². The summed E-state index contributed by atoms with van der Waals surface area (Å²) in [5.74, 6) is 0.146. The van der Waals surface area contributed by atoms with Gasteiger partial charge in [0.2, 0.25) is 5.91 Å². The van der Waals surface area contributed by atoms with Crippen molar-refractivity contribution in [2.24, 2.45) is 0 Å². The molecule has 0 aliphatic heterocycles. The van der Waals surface area contributed by atoms with Gasteiger partial charge in [0.25, 0.3) is 0 Å². The highest BCUT2D eigenvalue weighted by Crippen LogP contribution is 2.11. The van der Waals surface area contributed by atoms with Crippen LogP contribution in [0, 0.1) is 0 Å². The van der Waals surface area contributed by atoms with Gasteiger partial charge in [-0.05, 0) is 18.9 Å². The van der Waals surface area contributed by atoms with Crippen LogP contribution in [0.4, 0.5) is 0 Å². The first-order valence-corrected chi connectivity index (χ1v) is 5.58. The molecule has 82 valence electrons. The van der Waals surface area contributed by atoms with Crippen LogP contribution in [0.3, 0.4) is 0 Å². The van der Waals surface area contributed by atoms with Crippen LogP contribution < -0.4 is 5.32 Å². The maximum atomic E-state index is 11.5. The molecule has 0 unspecified atom stereocenters. The van der Waals surface area contributed by atoms with Crippen LogP contribution in [-0.2, 0) is 4.79 Å². The van der Waals surface area contributed by atoms with Gasteiger partial charge >= 0.3 is 0 Å². The minimum Gasteiger partial charge on any atom is -0.350 e. The Balaban J connectivity index is 2.42. The highest BCUT2D eigenvalue weighted by Gasteiger charge is 2.07. The average Bonchev–Trinajstić information content (AvgIpc) is 2.27. The molecular weight excluding hydrogens is 186 g/mol. The van der Waals surface area contributed by atoms with Crippen LogP contribution in [-0.4, -0.2) is 5.91 Å². The van der Waals surface area contributed by atoms with E-state index in [1.165, 1.54) is 0 Å². The molecule has 0 fully saturated rings. The number of amides is 1. The van der Waals surface area contributed by atoms with Crippen molar-refractivity contribution < 1.29 is 4.79 Å². The van der Waals surface area contributed by atoms with E-state index >= 15 is 0 Å². The van der Waals surface area contributed by atoms with E-state index in [0.29, 0.717) is 6.42 Å². The van der Waals surface area contributed by atoms with E-state index in [0.717, 1.165) is 18.4 Å². The summed E-state index contributed by atoms with van der Waals surface area (Å²) in [6.07, 6.45) is 2.66. The first-order chi connectivity index (χ1) is 7.24. The van der Waals surface area contributed by atoms with Crippen molar-refractivity contribution in [2.45, 2.75) is 39.2 Å². The SMILES string of the molecule is CCCCC(=O)N[C@@H](C)c1ccccc1. The zero-order valence-electron chi connectivity index (χ0n) is 9.49. The van der Waals surface area contributed by atoms with E-state index in [-0.39, 0.29) is 11.9 Å². The van der Waals surface area contributed by atoms with Crippen LogP contribution >= 0.6 is 0 Å². The number of benzene rings is 1. The minimum absolute atomic E-state index is 0.107. The molecule has 0 aromatic heterocycles. The summed E-state index contributed by atoms with van der Waals surface area (Å²) in [6.45, 7) is 4.10. The maximum absolute atomic E-state index is 11.5. The van der Waals surface area contributed by atoms with Crippen molar-refractivity contribution in [3.8, 4) is 0 Å². The molecule has 1 aromatic rings. The second-order valence-corrected chi connectivity index (χ2v) is 3.80. The third-order valence-electron chi connectivity index (χ3n) is 2.43. The normalized spacial score (nSPS) is 12.1. The molecule has 0 saturated carbocycles. The quantitative estimate of drug-likeness (QED) is 0.786. The summed E-state index contributed by atoms with van der Waals surface area (Å²) in [4.78, 5) is 11.5. The van der Waals surface area contributed by atoms with Crippen molar-refractivity contribution in [1.29, 1.82) is 0 Å². The first-order valence-electron chi connectivity index (χ1n) is 5.58. The van der Waals surface area contributed by atoms with Gasteiger partial charge in [-0.3, -0.25) is 4.79 Å². The second-order valence-electron chi connectivity index (χ2n) is 3.80. The van der Waals surface area contributed by atoms with Gasteiger partial charge in [-0.1, -0.05) is 43.7 Å². The molecule has 1 aromatic carbocycles. The lowest BCUT2D eigenvalue weighted by molar-refractivity contribution is -0.121. The molecule has 15 heavy (non-hydrogen) atoms. The van der Waals surface area contributed by atoms with Gasteiger partial charge in [0.1, 0.15) is 0 Å². The van der Waals surface area contributed by atoms with E-state index in [4.69, 9.17) is 0 Å². The van der Waals surface area contributed by atoms with Gasteiger partial charge in [-0.25, -0.2) is 0 Å². The molecule has 1 atom stereocenters.